The number of hydrogen-bond donors (Lipinski definition) is 2. The highest BCUT2D eigenvalue weighted by Crippen LogP contribution is 2.20. The second kappa shape index (κ2) is 9.98. The summed E-state index contributed by atoms with van der Waals surface area (Å²) in [5.74, 6) is 0.347. The number of aryl methyl sites for hydroxylation is 2. The molecule has 2 N–H and O–H groups in total. The molecule has 0 radical (unpaired) electrons. The maximum absolute atomic E-state index is 13.1. The zero-order valence-corrected chi connectivity index (χ0v) is 18.2. The van der Waals surface area contributed by atoms with Crippen molar-refractivity contribution in [3.8, 4) is 11.1 Å². The minimum Gasteiger partial charge on any atom is -0.309 e. The van der Waals surface area contributed by atoms with Gasteiger partial charge in [-0.2, -0.15) is 5.10 Å². The number of anilines is 1. The number of aromatic nitrogens is 4. The van der Waals surface area contributed by atoms with Gasteiger partial charge < -0.3 is 10.6 Å². The average Bonchev–Trinajstić information content (AvgIpc) is 3.25. The van der Waals surface area contributed by atoms with E-state index in [2.05, 4.69) is 25.7 Å². The smallest absolute Gasteiger partial charge is 0.247 e. The van der Waals surface area contributed by atoms with Gasteiger partial charge in [0.05, 0.1) is 6.20 Å². The molecule has 3 aromatic heterocycles. The molecule has 0 aliphatic carbocycles. The van der Waals surface area contributed by atoms with Crippen LogP contribution in [0.15, 0.2) is 79.4 Å². The lowest BCUT2D eigenvalue weighted by Gasteiger charge is -2.19. The van der Waals surface area contributed by atoms with Crippen LogP contribution in [0.1, 0.15) is 22.9 Å². The second-order valence-electron chi connectivity index (χ2n) is 7.70. The van der Waals surface area contributed by atoms with E-state index in [4.69, 9.17) is 0 Å². The third kappa shape index (κ3) is 5.44. The molecule has 32 heavy (non-hydrogen) atoms. The van der Waals surface area contributed by atoms with Crippen LogP contribution in [0.3, 0.4) is 0 Å². The van der Waals surface area contributed by atoms with Crippen molar-refractivity contribution in [2.45, 2.75) is 19.4 Å². The Labute approximate surface area is 187 Å². The summed E-state index contributed by atoms with van der Waals surface area (Å²) in [5.41, 5.74) is 4.94. The number of nitrogens with one attached hydrogen (secondary N) is 2. The van der Waals surface area contributed by atoms with Crippen LogP contribution >= 0.6 is 0 Å². The number of hydrogen-bond acceptors (Lipinski definition) is 5. The van der Waals surface area contributed by atoms with Crippen LogP contribution in [0.4, 0.5) is 5.82 Å². The summed E-state index contributed by atoms with van der Waals surface area (Å²) in [4.78, 5) is 22.0. The lowest BCUT2D eigenvalue weighted by Crippen LogP contribution is -2.34. The summed E-state index contributed by atoms with van der Waals surface area (Å²) in [6.45, 7) is 2.64. The average molecular weight is 427 g/mol. The quantitative estimate of drug-likeness (QED) is 0.449. The van der Waals surface area contributed by atoms with Crippen LogP contribution in [0.25, 0.3) is 11.1 Å². The first-order chi connectivity index (χ1) is 15.6. The fourth-order valence-corrected chi connectivity index (χ4v) is 3.41. The molecule has 0 saturated carbocycles. The highest BCUT2D eigenvalue weighted by Gasteiger charge is 2.20. The summed E-state index contributed by atoms with van der Waals surface area (Å²) in [5, 5.41) is 10.5. The van der Waals surface area contributed by atoms with E-state index in [1.807, 2.05) is 74.9 Å². The van der Waals surface area contributed by atoms with Crippen molar-refractivity contribution in [2.75, 3.05) is 11.9 Å². The molecule has 162 valence electrons. The number of amides is 1. The molecule has 0 saturated heterocycles. The number of carbonyl (C=O) groups is 1. The van der Waals surface area contributed by atoms with Gasteiger partial charge in [0, 0.05) is 55.4 Å². The maximum atomic E-state index is 13.1. The van der Waals surface area contributed by atoms with Crippen LogP contribution in [0.2, 0.25) is 0 Å². The highest BCUT2D eigenvalue weighted by atomic mass is 16.2. The number of carbonyl (C=O) groups excluding carboxylic acids is 1. The van der Waals surface area contributed by atoms with Crippen molar-refractivity contribution in [3.05, 3.63) is 96.2 Å². The lowest BCUT2D eigenvalue weighted by atomic mass is 10.1. The van der Waals surface area contributed by atoms with Gasteiger partial charge in [-0.05, 0) is 36.2 Å². The van der Waals surface area contributed by atoms with E-state index in [-0.39, 0.29) is 5.91 Å². The summed E-state index contributed by atoms with van der Waals surface area (Å²) >= 11 is 0. The van der Waals surface area contributed by atoms with Crippen LogP contribution in [0, 0.1) is 6.92 Å². The van der Waals surface area contributed by atoms with Gasteiger partial charge in [-0.3, -0.25) is 14.5 Å². The molecule has 1 amide bonds. The molecule has 4 rings (SSSR count). The zero-order valence-electron chi connectivity index (χ0n) is 18.2. The van der Waals surface area contributed by atoms with Gasteiger partial charge in [-0.25, -0.2) is 4.98 Å². The first-order valence-corrected chi connectivity index (χ1v) is 10.5. The van der Waals surface area contributed by atoms with E-state index < -0.39 is 6.04 Å². The highest BCUT2D eigenvalue weighted by molar-refractivity contribution is 5.94. The zero-order chi connectivity index (χ0) is 22.3. The summed E-state index contributed by atoms with van der Waals surface area (Å²) in [7, 11) is 1.87. The molecule has 3 heterocycles. The van der Waals surface area contributed by atoms with Crippen molar-refractivity contribution in [1.29, 1.82) is 0 Å². The van der Waals surface area contributed by atoms with Gasteiger partial charge in [-0.1, -0.05) is 36.4 Å². The topological polar surface area (TPSA) is 84.7 Å². The van der Waals surface area contributed by atoms with Gasteiger partial charge in [0.2, 0.25) is 5.91 Å². The molecule has 7 heteroatoms. The molecule has 0 fully saturated rings. The fraction of sp³-hybridized carbons (Fsp3) is 0.200. The Morgan fingerprint density at radius 1 is 0.969 bits per heavy atom. The van der Waals surface area contributed by atoms with E-state index in [0.717, 1.165) is 34.4 Å². The first-order valence-electron chi connectivity index (χ1n) is 10.5. The predicted molar refractivity (Wildman–Crippen MR) is 125 cm³/mol. The minimum absolute atomic E-state index is 0.158. The molecular weight excluding hydrogens is 400 g/mol. The van der Waals surface area contributed by atoms with Gasteiger partial charge in [-0.15, -0.1) is 0 Å². The third-order valence-corrected chi connectivity index (χ3v) is 5.15. The molecule has 0 bridgehead atoms. The fourth-order valence-electron chi connectivity index (χ4n) is 3.41. The van der Waals surface area contributed by atoms with Crippen molar-refractivity contribution >= 4 is 11.7 Å². The Hall–Kier alpha value is -3.84. The van der Waals surface area contributed by atoms with Crippen molar-refractivity contribution in [2.24, 2.45) is 7.05 Å². The van der Waals surface area contributed by atoms with E-state index >= 15 is 0 Å². The van der Waals surface area contributed by atoms with Crippen LogP contribution in [-0.2, 0) is 18.3 Å². The van der Waals surface area contributed by atoms with Gasteiger partial charge in [0.1, 0.15) is 11.9 Å². The van der Waals surface area contributed by atoms with E-state index in [9.17, 15) is 4.79 Å². The third-order valence-electron chi connectivity index (χ3n) is 5.15. The monoisotopic (exact) mass is 426 g/mol. The Kier molecular flexibility index (Phi) is 6.67. The molecular formula is C25H26N6O. The van der Waals surface area contributed by atoms with E-state index in [1.165, 1.54) is 0 Å². The molecule has 0 unspecified atom stereocenters. The van der Waals surface area contributed by atoms with Crippen molar-refractivity contribution in [3.63, 3.8) is 0 Å². The van der Waals surface area contributed by atoms with E-state index in [1.54, 1.807) is 23.1 Å². The van der Waals surface area contributed by atoms with Crippen molar-refractivity contribution in [1.82, 2.24) is 25.1 Å². The second-order valence-corrected chi connectivity index (χ2v) is 7.70. The number of benzene rings is 1. The van der Waals surface area contributed by atoms with Gasteiger partial charge >= 0.3 is 0 Å². The summed E-state index contributed by atoms with van der Waals surface area (Å²) in [6, 6.07) is 17.0. The first kappa shape index (κ1) is 21.4. The molecule has 0 aliphatic rings. The molecule has 4 aromatic rings. The molecule has 1 aromatic carbocycles. The van der Waals surface area contributed by atoms with Crippen LogP contribution in [-0.4, -0.2) is 32.2 Å². The molecule has 1 atom stereocenters. The van der Waals surface area contributed by atoms with Gasteiger partial charge in [0.25, 0.3) is 0 Å². The molecule has 0 spiro atoms. The standard InChI is InChI=1S/C25H26N6O/c1-18-8-10-22(27-14-18)12-13-26-24(19-6-4-3-5-7-19)25(32)30-23-11-9-20(15-28-23)21-16-29-31(2)17-21/h3-11,14-17,24,26H,12-13H2,1-2H3,(H,28,30,32)/t24-/m0/s1. The largest absolute Gasteiger partial charge is 0.309 e. The predicted octanol–water partition coefficient (Wildman–Crippen LogP) is 3.70. The Bertz CT molecular complexity index is 1150. The number of nitrogens with zero attached hydrogens (tertiary/aromatic N) is 4. The van der Waals surface area contributed by atoms with Crippen LogP contribution in [0.5, 0.6) is 0 Å². The normalized spacial score (nSPS) is 11.8. The Balaban J connectivity index is 1.43. The Morgan fingerprint density at radius 3 is 2.47 bits per heavy atom. The minimum atomic E-state index is -0.499. The summed E-state index contributed by atoms with van der Waals surface area (Å²) < 4.78 is 1.74. The van der Waals surface area contributed by atoms with E-state index in [0.29, 0.717) is 12.4 Å². The van der Waals surface area contributed by atoms with Crippen molar-refractivity contribution < 1.29 is 4.79 Å². The SMILES string of the molecule is Cc1ccc(CCN[C@H](C(=O)Nc2ccc(-c3cnn(C)c3)cn2)c2ccccc2)nc1. The number of pyridine rings is 2. The molecule has 7 nitrogen and oxygen atoms in total. The summed E-state index contributed by atoms with van der Waals surface area (Å²) in [6.07, 6.45) is 8.04. The molecule has 0 aliphatic heterocycles. The maximum Gasteiger partial charge on any atom is 0.247 e. The lowest BCUT2D eigenvalue weighted by molar-refractivity contribution is -0.118. The Morgan fingerprint density at radius 2 is 1.81 bits per heavy atom. The number of rotatable bonds is 8. The van der Waals surface area contributed by atoms with Crippen LogP contribution < -0.4 is 10.6 Å². The van der Waals surface area contributed by atoms with Gasteiger partial charge in [0.15, 0.2) is 0 Å².